The number of hydrogen-bond donors (Lipinski definition) is 1. The quantitative estimate of drug-likeness (QED) is 0.718. The second-order valence-corrected chi connectivity index (χ2v) is 10.6. The van der Waals surface area contributed by atoms with Gasteiger partial charge in [-0.2, -0.15) is 4.31 Å². The molecule has 1 aliphatic heterocycles. The van der Waals surface area contributed by atoms with Crippen LogP contribution in [0.1, 0.15) is 64.8 Å². The average molecular weight is 457 g/mol. The Morgan fingerprint density at radius 1 is 1.06 bits per heavy atom. The lowest BCUT2D eigenvalue weighted by Gasteiger charge is -2.26. The number of ether oxygens (including phenoxy) is 1. The molecule has 172 valence electrons. The standard InChI is InChI=1S/C25H32N2O4S/c1-3-24(21-10-9-19-6-4-5-7-20(19)16-21)26-25(28)23-17-22(11-8-18(23)2)32(29,30)27-12-14-31-15-13-27/h8-11,16-17,24H,3-7,12-15H2,1-2H3,(H,26,28)/t24-/m1/s1. The third-order valence-electron chi connectivity index (χ3n) is 6.55. The summed E-state index contributed by atoms with van der Waals surface area (Å²) in [6.45, 7) is 5.31. The van der Waals surface area contributed by atoms with Gasteiger partial charge in [0.05, 0.1) is 24.2 Å². The molecule has 0 spiro atoms. The zero-order valence-corrected chi connectivity index (χ0v) is 19.7. The number of fused-ring (bicyclic) bond motifs is 1. The minimum Gasteiger partial charge on any atom is -0.379 e. The normalized spacial score (nSPS) is 18.1. The maximum atomic E-state index is 13.2. The molecule has 2 aliphatic rings. The highest BCUT2D eigenvalue weighted by Crippen LogP contribution is 2.27. The molecule has 32 heavy (non-hydrogen) atoms. The van der Waals surface area contributed by atoms with Gasteiger partial charge in [-0.05, 0) is 73.4 Å². The van der Waals surface area contributed by atoms with Gasteiger partial charge in [0.1, 0.15) is 0 Å². The summed E-state index contributed by atoms with van der Waals surface area (Å²) < 4.78 is 32.8. The topological polar surface area (TPSA) is 75.7 Å². The molecular formula is C25H32N2O4S. The molecule has 1 saturated heterocycles. The predicted molar refractivity (Wildman–Crippen MR) is 124 cm³/mol. The van der Waals surface area contributed by atoms with Crippen LogP contribution in [0.5, 0.6) is 0 Å². The van der Waals surface area contributed by atoms with Gasteiger partial charge in [-0.25, -0.2) is 8.42 Å². The largest absolute Gasteiger partial charge is 0.379 e. The Kier molecular flexibility index (Phi) is 6.98. The number of carbonyl (C=O) groups is 1. The van der Waals surface area contributed by atoms with E-state index in [9.17, 15) is 13.2 Å². The van der Waals surface area contributed by atoms with Crippen LogP contribution in [0.25, 0.3) is 0 Å². The van der Waals surface area contributed by atoms with E-state index < -0.39 is 10.0 Å². The molecule has 6 nitrogen and oxygen atoms in total. The van der Waals surface area contributed by atoms with Crippen LogP contribution in [0.15, 0.2) is 41.3 Å². The first-order valence-corrected chi connectivity index (χ1v) is 12.9. The number of nitrogens with zero attached hydrogens (tertiary/aromatic N) is 1. The molecule has 0 aromatic heterocycles. The lowest BCUT2D eigenvalue weighted by molar-refractivity contribution is 0.0730. The van der Waals surface area contributed by atoms with Crippen LogP contribution in [0, 0.1) is 6.92 Å². The van der Waals surface area contributed by atoms with E-state index in [1.165, 1.54) is 34.3 Å². The van der Waals surface area contributed by atoms with Crippen molar-refractivity contribution in [3.05, 3.63) is 64.2 Å². The molecule has 0 saturated carbocycles. The molecular weight excluding hydrogens is 424 g/mol. The maximum Gasteiger partial charge on any atom is 0.252 e. The molecule has 2 aromatic rings. The minimum atomic E-state index is -3.66. The summed E-state index contributed by atoms with van der Waals surface area (Å²) in [5.74, 6) is -0.244. The molecule has 1 heterocycles. The fourth-order valence-corrected chi connectivity index (χ4v) is 6.00. The molecule has 1 N–H and O–H groups in total. The summed E-state index contributed by atoms with van der Waals surface area (Å²) in [4.78, 5) is 13.4. The summed E-state index contributed by atoms with van der Waals surface area (Å²) in [6.07, 6.45) is 5.43. The smallest absolute Gasteiger partial charge is 0.252 e. The molecule has 1 fully saturated rings. The van der Waals surface area contributed by atoms with E-state index in [0.717, 1.165) is 30.4 Å². The van der Waals surface area contributed by atoms with Gasteiger partial charge in [-0.15, -0.1) is 0 Å². The highest BCUT2D eigenvalue weighted by Gasteiger charge is 2.28. The maximum absolute atomic E-state index is 13.2. The lowest BCUT2D eigenvalue weighted by Crippen LogP contribution is -2.40. The van der Waals surface area contributed by atoms with Gasteiger partial charge in [0.2, 0.25) is 10.0 Å². The summed E-state index contributed by atoms with van der Waals surface area (Å²) in [7, 11) is -3.66. The number of sulfonamides is 1. The zero-order chi connectivity index (χ0) is 22.7. The van der Waals surface area contributed by atoms with E-state index in [0.29, 0.717) is 31.9 Å². The van der Waals surface area contributed by atoms with E-state index in [2.05, 4.69) is 30.4 Å². The number of morpholine rings is 1. The fraction of sp³-hybridized carbons (Fsp3) is 0.480. The van der Waals surface area contributed by atoms with E-state index in [-0.39, 0.29) is 16.8 Å². The minimum absolute atomic E-state index is 0.117. The summed E-state index contributed by atoms with van der Waals surface area (Å²) >= 11 is 0. The van der Waals surface area contributed by atoms with Crippen LogP contribution in [0.3, 0.4) is 0 Å². The first-order valence-electron chi connectivity index (χ1n) is 11.5. The Morgan fingerprint density at radius 3 is 2.50 bits per heavy atom. The van der Waals surface area contributed by atoms with Crippen molar-refractivity contribution in [3.63, 3.8) is 0 Å². The van der Waals surface area contributed by atoms with Gasteiger partial charge in [-0.3, -0.25) is 4.79 Å². The van der Waals surface area contributed by atoms with Crippen molar-refractivity contribution < 1.29 is 17.9 Å². The Balaban J connectivity index is 1.56. The van der Waals surface area contributed by atoms with Crippen molar-refractivity contribution in [2.75, 3.05) is 26.3 Å². The number of hydrogen-bond acceptors (Lipinski definition) is 4. The van der Waals surface area contributed by atoms with Crippen LogP contribution in [-0.2, 0) is 27.6 Å². The molecule has 1 atom stereocenters. The molecule has 0 radical (unpaired) electrons. The summed E-state index contributed by atoms with van der Waals surface area (Å²) in [5.41, 5.74) is 5.06. The van der Waals surface area contributed by atoms with Gasteiger partial charge < -0.3 is 10.1 Å². The Morgan fingerprint density at radius 2 is 1.78 bits per heavy atom. The van der Waals surface area contributed by atoms with Crippen LogP contribution in [-0.4, -0.2) is 44.9 Å². The summed E-state index contributed by atoms with van der Waals surface area (Å²) in [6, 6.07) is 11.2. The second kappa shape index (κ2) is 9.73. The Labute approximate surface area is 191 Å². The van der Waals surface area contributed by atoms with Crippen molar-refractivity contribution in [2.24, 2.45) is 0 Å². The molecule has 4 rings (SSSR count). The molecule has 1 aliphatic carbocycles. The molecule has 0 unspecified atom stereocenters. The van der Waals surface area contributed by atoms with Crippen LogP contribution < -0.4 is 5.32 Å². The highest BCUT2D eigenvalue weighted by molar-refractivity contribution is 7.89. The van der Waals surface area contributed by atoms with Gasteiger partial charge in [0.25, 0.3) is 5.91 Å². The number of rotatable bonds is 6. The van der Waals surface area contributed by atoms with E-state index in [1.807, 2.05) is 6.92 Å². The summed E-state index contributed by atoms with van der Waals surface area (Å²) in [5, 5.41) is 3.14. The van der Waals surface area contributed by atoms with Gasteiger partial charge in [-0.1, -0.05) is 31.2 Å². The average Bonchev–Trinajstić information content (AvgIpc) is 2.82. The monoisotopic (exact) mass is 456 g/mol. The SMILES string of the molecule is CC[C@@H](NC(=O)c1cc(S(=O)(=O)N2CCOCC2)ccc1C)c1ccc2c(c1)CCCC2. The fourth-order valence-electron chi connectivity index (χ4n) is 4.57. The number of nitrogens with one attached hydrogen (secondary N) is 1. The number of aryl methyl sites for hydroxylation is 3. The first-order chi connectivity index (χ1) is 15.4. The van der Waals surface area contributed by atoms with Gasteiger partial charge in [0.15, 0.2) is 0 Å². The molecule has 1 amide bonds. The first kappa shape index (κ1) is 23.0. The van der Waals surface area contributed by atoms with Crippen molar-refractivity contribution in [1.82, 2.24) is 9.62 Å². The number of benzene rings is 2. The Hall–Kier alpha value is -2.22. The Bertz CT molecular complexity index is 1090. The van der Waals surface area contributed by atoms with E-state index in [4.69, 9.17) is 4.74 Å². The van der Waals surface area contributed by atoms with Crippen LogP contribution in [0.4, 0.5) is 0 Å². The highest BCUT2D eigenvalue weighted by atomic mass is 32.2. The van der Waals surface area contributed by atoms with Crippen molar-refractivity contribution in [2.45, 2.75) is 56.9 Å². The molecule has 2 aromatic carbocycles. The van der Waals surface area contributed by atoms with Gasteiger partial charge in [0, 0.05) is 18.7 Å². The van der Waals surface area contributed by atoms with Crippen molar-refractivity contribution in [1.29, 1.82) is 0 Å². The van der Waals surface area contributed by atoms with E-state index in [1.54, 1.807) is 12.1 Å². The third kappa shape index (κ3) is 4.75. The van der Waals surface area contributed by atoms with E-state index >= 15 is 0 Å². The van der Waals surface area contributed by atoms with Crippen LogP contribution >= 0.6 is 0 Å². The number of amides is 1. The number of carbonyl (C=O) groups excluding carboxylic acids is 1. The lowest BCUT2D eigenvalue weighted by atomic mass is 9.88. The van der Waals surface area contributed by atoms with Crippen molar-refractivity contribution in [3.8, 4) is 0 Å². The van der Waals surface area contributed by atoms with Crippen LogP contribution in [0.2, 0.25) is 0 Å². The zero-order valence-electron chi connectivity index (χ0n) is 18.9. The molecule has 7 heteroatoms. The molecule has 0 bridgehead atoms. The third-order valence-corrected chi connectivity index (χ3v) is 8.44. The second-order valence-electron chi connectivity index (χ2n) is 8.66. The predicted octanol–water partition coefficient (Wildman–Crippen LogP) is 3.78. The van der Waals surface area contributed by atoms with Crippen molar-refractivity contribution >= 4 is 15.9 Å². The van der Waals surface area contributed by atoms with Gasteiger partial charge >= 0.3 is 0 Å².